The number of benzene rings is 1. The largest absolute Gasteiger partial charge is 0.353 e. The molecule has 9 heteroatoms. The van der Waals surface area contributed by atoms with Crippen LogP contribution in [0.5, 0.6) is 0 Å². The van der Waals surface area contributed by atoms with Crippen LogP contribution in [0.4, 0.5) is 0 Å². The summed E-state index contributed by atoms with van der Waals surface area (Å²) >= 11 is 12.1. The summed E-state index contributed by atoms with van der Waals surface area (Å²) in [5.74, 6) is 1.66. The van der Waals surface area contributed by atoms with Crippen LogP contribution in [0.25, 0.3) is 0 Å². The number of aromatic nitrogens is 3. The summed E-state index contributed by atoms with van der Waals surface area (Å²) in [5.41, 5.74) is 1.03. The Morgan fingerprint density at radius 1 is 1.37 bits per heavy atom. The number of hydrogen-bond donors (Lipinski definition) is 2. The van der Waals surface area contributed by atoms with Crippen molar-refractivity contribution in [3.05, 3.63) is 58.6 Å². The summed E-state index contributed by atoms with van der Waals surface area (Å²) in [6.45, 7) is 9.78. The fourth-order valence-electron chi connectivity index (χ4n) is 2.40. The lowest BCUT2D eigenvalue weighted by atomic mass is 10.1. The first kappa shape index (κ1) is 23.7. The quantitative estimate of drug-likeness (QED) is 0.235. The van der Waals surface area contributed by atoms with Gasteiger partial charge in [-0.25, -0.2) is 0 Å². The van der Waals surface area contributed by atoms with Crippen LogP contribution in [0.1, 0.15) is 31.3 Å². The normalized spacial score (nSPS) is 12.2. The highest BCUT2D eigenvalue weighted by molar-refractivity contribution is 14.0. The molecule has 0 fully saturated rings. The highest BCUT2D eigenvalue weighted by atomic mass is 127. The lowest BCUT2D eigenvalue weighted by molar-refractivity contribution is 0.651. The third-order valence-electron chi connectivity index (χ3n) is 3.83. The van der Waals surface area contributed by atoms with Crippen molar-refractivity contribution in [1.29, 1.82) is 0 Å². The minimum atomic E-state index is 0. The minimum absolute atomic E-state index is 0. The number of nitrogens with zero attached hydrogens (tertiary/aromatic N) is 4. The smallest absolute Gasteiger partial charge is 0.192 e. The Balaban J connectivity index is 0.00000364. The summed E-state index contributed by atoms with van der Waals surface area (Å²) in [5, 5.41) is 15.7. The average Bonchev–Trinajstić information content (AvgIpc) is 3.09. The predicted octanol–water partition coefficient (Wildman–Crippen LogP) is 4.25. The fourth-order valence-corrected chi connectivity index (χ4v) is 2.71. The molecule has 1 aromatic heterocycles. The van der Waals surface area contributed by atoms with Crippen LogP contribution in [0.2, 0.25) is 10.0 Å². The van der Waals surface area contributed by atoms with Gasteiger partial charge in [0.2, 0.25) is 0 Å². The van der Waals surface area contributed by atoms with Gasteiger partial charge in [-0.05, 0) is 24.6 Å². The maximum absolute atomic E-state index is 6.11. The second kappa shape index (κ2) is 12.2. The van der Waals surface area contributed by atoms with Gasteiger partial charge in [-0.1, -0.05) is 42.3 Å². The van der Waals surface area contributed by atoms with Crippen LogP contribution < -0.4 is 10.6 Å². The first-order valence-corrected chi connectivity index (χ1v) is 9.28. The van der Waals surface area contributed by atoms with Crippen molar-refractivity contribution in [2.75, 3.05) is 13.1 Å². The highest BCUT2D eigenvalue weighted by Gasteiger charge is 2.10. The third kappa shape index (κ3) is 7.31. The standard InChI is InChI=1S/C18H24Cl2N6.HI/c1-4-8-21-18(22-9-10-26-12-23-25-17(26)5-2)24-13(3)14-6-7-15(19)16(20)11-14;/h4,6-7,11-13H,1,5,8-10H2,2-3H3,(H2,21,22,24);1H. The molecule has 0 aliphatic carbocycles. The molecule has 0 bridgehead atoms. The molecule has 2 aromatic rings. The van der Waals surface area contributed by atoms with Gasteiger partial charge in [0.15, 0.2) is 5.96 Å². The number of aliphatic imine (C=N–C) groups is 1. The number of hydrogen-bond acceptors (Lipinski definition) is 3. The molecule has 0 amide bonds. The summed E-state index contributed by atoms with van der Waals surface area (Å²) in [7, 11) is 0. The lowest BCUT2D eigenvalue weighted by Crippen LogP contribution is -2.39. The van der Waals surface area contributed by atoms with Gasteiger partial charge < -0.3 is 15.2 Å². The van der Waals surface area contributed by atoms with E-state index >= 15 is 0 Å². The third-order valence-corrected chi connectivity index (χ3v) is 4.57. The molecule has 2 rings (SSSR count). The van der Waals surface area contributed by atoms with E-state index in [9.17, 15) is 0 Å². The Hall–Kier alpha value is -1.32. The average molecular weight is 523 g/mol. The summed E-state index contributed by atoms with van der Waals surface area (Å²) < 4.78 is 2.01. The van der Waals surface area contributed by atoms with Gasteiger partial charge in [-0.15, -0.1) is 40.8 Å². The van der Waals surface area contributed by atoms with Gasteiger partial charge in [0.1, 0.15) is 12.2 Å². The highest BCUT2D eigenvalue weighted by Crippen LogP contribution is 2.25. The van der Waals surface area contributed by atoms with Gasteiger partial charge in [-0.3, -0.25) is 4.99 Å². The van der Waals surface area contributed by atoms with Crippen LogP contribution in [0.15, 0.2) is 42.2 Å². The van der Waals surface area contributed by atoms with E-state index < -0.39 is 0 Å². The van der Waals surface area contributed by atoms with Crippen LogP contribution in [-0.2, 0) is 13.0 Å². The van der Waals surface area contributed by atoms with E-state index in [-0.39, 0.29) is 30.0 Å². The number of nitrogens with one attached hydrogen (secondary N) is 2. The van der Waals surface area contributed by atoms with Gasteiger partial charge in [-0.2, -0.15) is 0 Å². The van der Waals surface area contributed by atoms with Gasteiger partial charge in [0.05, 0.1) is 22.6 Å². The SMILES string of the molecule is C=CCNC(=NCCn1cnnc1CC)NC(C)c1ccc(Cl)c(Cl)c1.I. The molecule has 1 unspecified atom stereocenters. The molecule has 0 saturated heterocycles. The Bertz CT molecular complexity index is 762. The summed E-state index contributed by atoms with van der Waals surface area (Å²) in [4.78, 5) is 4.63. The van der Waals surface area contributed by atoms with Crippen molar-refractivity contribution in [2.45, 2.75) is 32.9 Å². The molecule has 0 spiro atoms. The van der Waals surface area contributed by atoms with E-state index in [4.69, 9.17) is 23.2 Å². The van der Waals surface area contributed by atoms with Crippen molar-refractivity contribution in [3.63, 3.8) is 0 Å². The number of aryl methyl sites for hydroxylation is 1. The molecule has 27 heavy (non-hydrogen) atoms. The van der Waals surface area contributed by atoms with Crippen molar-refractivity contribution in [1.82, 2.24) is 25.4 Å². The van der Waals surface area contributed by atoms with E-state index in [0.717, 1.165) is 24.4 Å². The van der Waals surface area contributed by atoms with Crippen LogP contribution in [0, 0.1) is 0 Å². The van der Waals surface area contributed by atoms with Crippen molar-refractivity contribution >= 4 is 53.1 Å². The molecule has 0 aliphatic heterocycles. The molecule has 2 N–H and O–H groups in total. The zero-order valence-corrected chi connectivity index (χ0v) is 19.3. The summed E-state index contributed by atoms with van der Waals surface area (Å²) in [6.07, 6.45) is 4.37. The van der Waals surface area contributed by atoms with Crippen LogP contribution in [-0.4, -0.2) is 33.8 Å². The second-order valence-corrected chi connectivity index (χ2v) is 6.55. The topological polar surface area (TPSA) is 67.1 Å². The van der Waals surface area contributed by atoms with E-state index in [1.807, 2.05) is 23.6 Å². The molecule has 0 radical (unpaired) electrons. The molecule has 0 aliphatic rings. The number of halogens is 3. The maximum atomic E-state index is 6.11. The Morgan fingerprint density at radius 2 is 2.15 bits per heavy atom. The number of rotatable bonds is 8. The molecule has 6 nitrogen and oxygen atoms in total. The molecular formula is C18H25Cl2IN6. The van der Waals surface area contributed by atoms with Crippen molar-refractivity contribution in [3.8, 4) is 0 Å². The first-order chi connectivity index (χ1) is 12.5. The van der Waals surface area contributed by atoms with Crippen LogP contribution in [0.3, 0.4) is 0 Å². The monoisotopic (exact) mass is 522 g/mol. The predicted molar refractivity (Wildman–Crippen MR) is 123 cm³/mol. The van der Waals surface area contributed by atoms with E-state index in [1.165, 1.54) is 0 Å². The minimum Gasteiger partial charge on any atom is -0.353 e. The van der Waals surface area contributed by atoms with Crippen molar-refractivity contribution < 1.29 is 0 Å². The van der Waals surface area contributed by atoms with Gasteiger partial charge in [0, 0.05) is 19.5 Å². The van der Waals surface area contributed by atoms with E-state index in [2.05, 4.69) is 39.3 Å². The maximum Gasteiger partial charge on any atom is 0.192 e. The van der Waals surface area contributed by atoms with E-state index in [0.29, 0.717) is 29.1 Å². The Labute approximate surface area is 187 Å². The molecule has 0 saturated carbocycles. The molecule has 148 valence electrons. The summed E-state index contributed by atoms with van der Waals surface area (Å²) in [6, 6.07) is 5.62. The molecule has 1 aromatic carbocycles. The van der Waals surface area contributed by atoms with Crippen molar-refractivity contribution in [2.24, 2.45) is 4.99 Å². The lowest BCUT2D eigenvalue weighted by Gasteiger charge is -2.19. The van der Waals surface area contributed by atoms with Crippen LogP contribution >= 0.6 is 47.2 Å². The number of guanidine groups is 1. The zero-order valence-electron chi connectivity index (χ0n) is 15.5. The van der Waals surface area contributed by atoms with E-state index in [1.54, 1.807) is 18.5 Å². The fraction of sp³-hybridized carbons (Fsp3) is 0.389. The van der Waals surface area contributed by atoms with Gasteiger partial charge in [0.25, 0.3) is 0 Å². The molecule has 1 heterocycles. The van der Waals surface area contributed by atoms with Gasteiger partial charge >= 0.3 is 0 Å². The molecule has 1 atom stereocenters. The zero-order chi connectivity index (χ0) is 18.9. The Morgan fingerprint density at radius 3 is 2.81 bits per heavy atom. The second-order valence-electron chi connectivity index (χ2n) is 5.73. The first-order valence-electron chi connectivity index (χ1n) is 8.52. The Kier molecular flexibility index (Phi) is 10.7. The molecular weight excluding hydrogens is 498 g/mol.